The van der Waals surface area contributed by atoms with Crippen molar-refractivity contribution in [3.63, 3.8) is 0 Å². The molecule has 1 aliphatic rings. The molecule has 3 rings (SSSR count). The summed E-state index contributed by atoms with van der Waals surface area (Å²) in [5.41, 5.74) is -0.698. The van der Waals surface area contributed by atoms with E-state index in [9.17, 15) is 14.4 Å². The van der Waals surface area contributed by atoms with E-state index in [2.05, 4.69) is 20.9 Å². The maximum Gasteiger partial charge on any atom is 0.342 e. The van der Waals surface area contributed by atoms with Gasteiger partial charge in [0.1, 0.15) is 0 Å². The Morgan fingerprint density at radius 3 is 2.54 bits per heavy atom. The van der Waals surface area contributed by atoms with Crippen molar-refractivity contribution in [3.8, 4) is 0 Å². The summed E-state index contributed by atoms with van der Waals surface area (Å²) in [6.07, 6.45) is 1.37. The Kier molecular flexibility index (Phi) is 4.93. The summed E-state index contributed by atoms with van der Waals surface area (Å²) >= 11 is 3.06. The third kappa shape index (κ3) is 3.64. The van der Waals surface area contributed by atoms with Gasteiger partial charge in [-0.2, -0.15) is 0 Å². The number of hydrogen-bond donors (Lipinski definition) is 1. The second kappa shape index (κ2) is 7.12. The van der Waals surface area contributed by atoms with Crippen LogP contribution in [0.15, 0.2) is 50.6 Å². The van der Waals surface area contributed by atoms with Crippen molar-refractivity contribution >= 4 is 21.9 Å². The summed E-state index contributed by atoms with van der Waals surface area (Å²) in [6.45, 7) is -0.966. The molecule has 2 aromatic rings. The van der Waals surface area contributed by atoms with Crippen LogP contribution < -0.4 is 11.2 Å². The molecular formula is C15H13BrN2O6. The Morgan fingerprint density at radius 2 is 1.88 bits per heavy atom. The molecule has 0 amide bonds. The van der Waals surface area contributed by atoms with Gasteiger partial charge in [-0.3, -0.25) is 14.3 Å². The molecule has 1 saturated heterocycles. The van der Waals surface area contributed by atoms with Gasteiger partial charge < -0.3 is 14.2 Å². The first-order valence-corrected chi connectivity index (χ1v) is 7.84. The second-order valence-electron chi connectivity index (χ2n) is 5.02. The first-order valence-electron chi connectivity index (χ1n) is 7.05. The Bertz CT molecular complexity index is 839. The number of hydrogen-bond acceptors (Lipinski definition) is 6. The summed E-state index contributed by atoms with van der Waals surface area (Å²) in [5, 5.41) is 0. The van der Waals surface area contributed by atoms with Crippen molar-refractivity contribution in [3.05, 3.63) is 67.4 Å². The molecule has 1 aromatic carbocycles. The Morgan fingerprint density at radius 1 is 1.21 bits per heavy atom. The van der Waals surface area contributed by atoms with E-state index in [0.29, 0.717) is 5.56 Å². The van der Waals surface area contributed by atoms with Crippen LogP contribution in [0.25, 0.3) is 0 Å². The summed E-state index contributed by atoms with van der Waals surface area (Å²) in [4.78, 5) is 37.3. The van der Waals surface area contributed by atoms with E-state index in [4.69, 9.17) is 14.2 Å². The van der Waals surface area contributed by atoms with Gasteiger partial charge >= 0.3 is 18.1 Å². The van der Waals surface area contributed by atoms with Crippen LogP contribution in [0.4, 0.5) is 0 Å². The first-order chi connectivity index (χ1) is 11.5. The molecule has 24 heavy (non-hydrogen) atoms. The number of aromatic amines is 1. The van der Waals surface area contributed by atoms with Gasteiger partial charge in [0.15, 0.2) is 0 Å². The smallest absolute Gasteiger partial charge is 0.342 e. The highest BCUT2D eigenvalue weighted by Gasteiger charge is 2.27. The minimum Gasteiger partial charge on any atom is -0.407 e. The number of aromatic nitrogens is 2. The van der Waals surface area contributed by atoms with Crippen LogP contribution in [-0.4, -0.2) is 35.2 Å². The van der Waals surface area contributed by atoms with Gasteiger partial charge in [0.05, 0.1) is 29.3 Å². The number of carbonyl (C=O) groups excluding carboxylic acids is 1. The predicted molar refractivity (Wildman–Crippen MR) is 85.6 cm³/mol. The Labute approximate surface area is 144 Å². The lowest BCUT2D eigenvalue weighted by Crippen LogP contribution is -2.41. The lowest BCUT2D eigenvalue weighted by Gasteiger charge is -2.29. The summed E-state index contributed by atoms with van der Waals surface area (Å²) < 4.78 is 17.3. The molecule has 1 N–H and O–H groups in total. The van der Waals surface area contributed by atoms with Gasteiger partial charge in [-0.15, -0.1) is 0 Å². The van der Waals surface area contributed by atoms with Crippen LogP contribution in [0.1, 0.15) is 16.4 Å². The maximum absolute atomic E-state index is 11.9. The number of rotatable bonds is 3. The largest absolute Gasteiger partial charge is 0.407 e. The van der Waals surface area contributed by atoms with Crippen LogP contribution in [0, 0.1) is 0 Å². The highest BCUT2D eigenvalue weighted by atomic mass is 79.9. The molecule has 0 unspecified atom stereocenters. The fourth-order valence-electron chi connectivity index (χ4n) is 2.17. The molecule has 0 radical (unpaired) electrons. The highest BCUT2D eigenvalue weighted by molar-refractivity contribution is 9.10. The summed E-state index contributed by atoms with van der Waals surface area (Å²) in [7, 11) is 0. The van der Waals surface area contributed by atoms with Crippen LogP contribution in [-0.2, 0) is 14.2 Å². The number of ether oxygens (including phenoxy) is 3. The van der Waals surface area contributed by atoms with Crippen molar-refractivity contribution in [2.75, 3.05) is 13.2 Å². The van der Waals surface area contributed by atoms with Crippen LogP contribution in [0.2, 0.25) is 0 Å². The monoisotopic (exact) mass is 396 g/mol. The molecule has 126 valence electrons. The second-order valence-corrected chi connectivity index (χ2v) is 5.88. The number of halogens is 1. The normalized spacial score (nSPS) is 20.5. The Balaban J connectivity index is 1.62. The van der Waals surface area contributed by atoms with E-state index in [-0.39, 0.29) is 17.7 Å². The van der Waals surface area contributed by atoms with E-state index < -0.39 is 29.7 Å². The molecule has 0 bridgehead atoms. The van der Waals surface area contributed by atoms with E-state index >= 15 is 0 Å². The van der Waals surface area contributed by atoms with E-state index in [1.165, 1.54) is 10.8 Å². The van der Waals surface area contributed by atoms with E-state index in [1.54, 1.807) is 30.3 Å². The van der Waals surface area contributed by atoms with Gasteiger partial charge in [-0.25, -0.2) is 9.59 Å². The van der Waals surface area contributed by atoms with E-state index in [0.717, 1.165) is 0 Å². The molecule has 2 heterocycles. The van der Waals surface area contributed by atoms with Crippen molar-refractivity contribution in [1.82, 2.24) is 9.55 Å². The Hall–Kier alpha value is -2.23. The number of benzene rings is 1. The van der Waals surface area contributed by atoms with Crippen LogP contribution >= 0.6 is 15.9 Å². The fourth-order valence-corrected chi connectivity index (χ4v) is 2.49. The molecular weight excluding hydrogens is 384 g/mol. The van der Waals surface area contributed by atoms with Crippen molar-refractivity contribution < 1.29 is 19.0 Å². The molecule has 0 saturated carbocycles. The first kappa shape index (κ1) is 16.6. The topological polar surface area (TPSA) is 99.6 Å². The summed E-state index contributed by atoms with van der Waals surface area (Å²) in [6, 6.07) is 8.01. The number of nitrogens with zero attached hydrogens (tertiary/aromatic N) is 1. The lowest BCUT2D eigenvalue weighted by molar-refractivity contribution is -0.296. The quantitative estimate of drug-likeness (QED) is 0.777. The third-order valence-corrected chi connectivity index (χ3v) is 3.94. The number of H-pyrrole nitrogens is 1. The fraction of sp³-hybridized carbons (Fsp3) is 0.267. The standard InChI is InChI=1S/C15H13BrN2O6/c16-11-6-18(14(21)17-12(11)19)10-7-22-15(23-8-10)24-13(20)9-4-2-1-3-5-9/h1-6,10,15H,7-8H2,(H,17,19,21). The van der Waals surface area contributed by atoms with Gasteiger partial charge in [-0.1, -0.05) is 18.2 Å². The zero-order valence-corrected chi connectivity index (χ0v) is 13.9. The third-order valence-electron chi connectivity index (χ3n) is 3.38. The van der Waals surface area contributed by atoms with Gasteiger partial charge in [-0.05, 0) is 28.1 Å². The van der Waals surface area contributed by atoms with Crippen LogP contribution in [0.5, 0.6) is 0 Å². The SMILES string of the molecule is O=C(OC1OCC(n2cc(Br)c(=O)[nH]c2=O)CO1)c1ccccc1. The highest BCUT2D eigenvalue weighted by Crippen LogP contribution is 2.17. The lowest BCUT2D eigenvalue weighted by atomic mass is 10.2. The molecule has 9 heteroatoms. The number of nitrogens with one attached hydrogen (secondary N) is 1. The molecule has 1 aliphatic heterocycles. The van der Waals surface area contributed by atoms with Crippen molar-refractivity contribution in [2.24, 2.45) is 0 Å². The average molecular weight is 397 g/mol. The predicted octanol–water partition coefficient (Wildman–Crippen LogP) is 1.03. The van der Waals surface area contributed by atoms with Gasteiger partial charge in [0.25, 0.3) is 5.56 Å². The maximum atomic E-state index is 11.9. The van der Waals surface area contributed by atoms with Gasteiger partial charge in [0, 0.05) is 6.20 Å². The number of carbonyl (C=O) groups is 1. The molecule has 0 atom stereocenters. The van der Waals surface area contributed by atoms with Crippen molar-refractivity contribution in [2.45, 2.75) is 12.5 Å². The summed E-state index contributed by atoms with van der Waals surface area (Å²) in [5.74, 6) is -0.567. The molecule has 0 aliphatic carbocycles. The molecule has 1 fully saturated rings. The average Bonchev–Trinajstić information content (AvgIpc) is 2.60. The zero-order valence-electron chi connectivity index (χ0n) is 12.3. The van der Waals surface area contributed by atoms with Gasteiger partial charge in [0.2, 0.25) is 0 Å². The molecule has 8 nitrogen and oxygen atoms in total. The van der Waals surface area contributed by atoms with Crippen LogP contribution in [0.3, 0.4) is 0 Å². The minimum atomic E-state index is -1.14. The number of esters is 1. The zero-order chi connectivity index (χ0) is 17.1. The molecule has 1 aromatic heterocycles. The van der Waals surface area contributed by atoms with Crippen molar-refractivity contribution in [1.29, 1.82) is 0 Å². The minimum absolute atomic E-state index is 0.0884. The molecule has 0 spiro atoms. The van der Waals surface area contributed by atoms with E-state index in [1.807, 2.05) is 0 Å².